The molecule has 7 heteroatoms. The van der Waals surface area contributed by atoms with Gasteiger partial charge in [0.25, 0.3) is 0 Å². The van der Waals surface area contributed by atoms with Crippen molar-refractivity contribution in [3.8, 4) is 23.0 Å². The van der Waals surface area contributed by atoms with Gasteiger partial charge in [-0.15, -0.1) is 0 Å². The van der Waals surface area contributed by atoms with Crippen molar-refractivity contribution in [1.29, 1.82) is 0 Å². The lowest BCUT2D eigenvalue weighted by atomic mass is 10.2. The predicted octanol–water partition coefficient (Wildman–Crippen LogP) is 1.67. The maximum Gasteiger partial charge on any atom is 0.142 e. The summed E-state index contributed by atoms with van der Waals surface area (Å²) in [5, 5.41) is 29.1. The lowest BCUT2D eigenvalue weighted by Gasteiger charge is -2.37. The van der Waals surface area contributed by atoms with E-state index in [9.17, 15) is 15.3 Å². The SMILES string of the molecule is COc1ccccc1N1CCN(CC(O)COc2cc(O)cc(O)c2)CC1. The highest BCUT2D eigenvalue weighted by molar-refractivity contribution is 5.58. The van der Waals surface area contributed by atoms with Crippen LogP contribution in [0.25, 0.3) is 0 Å². The average molecular weight is 374 g/mol. The Kier molecular flexibility index (Phi) is 6.26. The minimum atomic E-state index is -0.660. The smallest absolute Gasteiger partial charge is 0.142 e. The second-order valence-electron chi connectivity index (χ2n) is 6.61. The number of aliphatic hydroxyl groups is 1. The molecule has 1 saturated heterocycles. The van der Waals surface area contributed by atoms with E-state index in [-0.39, 0.29) is 18.1 Å². The minimum absolute atomic E-state index is 0.0769. The van der Waals surface area contributed by atoms with Crippen molar-refractivity contribution in [1.82, 2.24) is 4.90 Å². The number of anilines is 1. The van der Waals surface area contributed by atoms with Crippen LogP contribution in [0.2, 0.25) is 0 Å². The Labute approximate surface area is 159 Å². The van der Waals surface area contributed by atoms with Gasteiger partial charge in [-0.05, 0) is 12.1 Å². The Bertz CT molecular complexity index is 727. The Hall–Kier alpha value is -2.64. The zero-order chi connectivity index (χ0) is 19.2. The summed E-state index contributed by atoms with van der Waals surface area (Å²) in [5.74, 6) is 1.04. The van der Waals surface area contributed by atoms with Gasteiger partial charge in [0.05, 0.1) is 12.8 Å². The van der Waals surface area contributed by atoms with Gasteiger partial charge in [-0.2, -0.15) is 0 Å². The van der Waals surface area contributed by atoms with Crippen molar-refractivity contribution in [3.05, 3.63) is 42.5 Å². The highest BCUT2D eigenvalue weighted by Crippen LogP contribution is 2.28. The van der Waals surface area contributed by atoms with Crippen molar-refractivity contribution in [2.75, 3.05) is 51.3 Å². The molecule has 0 spiro atoms. The van der Waals surface area contributed by atoms with Crippen LogP contribution in [0.5, 0.6) is 23.0 Å². The summed E-state index contributed by atoms with van der Waals surface area (Å²) in [7, 11) is 1.68. The fourth-order valence-corrected chi connectivity index (χ4v) is 3.26. The molecule has 7 nitrogen and oxygen atoms in total. The molecular weight excluding hydrogens is 348 g/mol. The van der Waals surface area contributed by atoms with Crippen molar-refractivity contribution in [2.45, 2.75) is 6.10 Å². The highest BCUT2D eigenvalue weighted by atomic mass is 16.5. The number of hydrogen-bond donors (Lipinski definition) is 3. The number of ether oxygens (including phenoxy) is 2. The summed E-state index contributed by atoms with van der Waals surface area (Å²) in [4.78, 5) is 4.48. The summed E-state index contributed by atoms with van der Waals surface area (Å²) in [6.07, 6.45) is -0.660. The van der Waals surface area contributed by atoms with Crippen LogP contribution in [0, 0.1) is 0 Å². The van der Waals surface area contributed by atoms with Gasteiger partial charge in [0, 0.05) is 50.9 Å². The Balaban J connectivity index is 1.46. The molecule has 1 fully saturated rings. The van der Waals surface area contributed by atoms with Gasteiger partial charge in [0.15, 0.2) is 0 Å². The largest absolute Gasteiger partial charge is 0.508 e. The number of aliphatic hydroxyl groups excluding tert-OH is 1. The van der Waals surface area contributed by atoms with Crippen molar-refractivity contribution < 1.29 is 24.8 Å². The third-order valence-corrected chi connectivity index (χ3v) is 4.59. The summed E-state index contributed by atoms with van der Waals surface area (Å²) in [5.41, 5.74) is 1.09. The fraction of sp³-hybridized carbons (Fsp3) is 0.400. The fourth-order valence-electron chi connectivity index (χ4n) is 3.26. The van der Waals surface area contributed by atoms with Gasteiger partial charge >= 0.3 is 0 Å². The van der Waals surface area contributed by atoms with Crippen LogP contribution in [0.15, 0.2) is 42.5 Å². The van der Waals surface area contributed by atoms with Gasteiger partial charge in [0.2, 0.25) is 0 Å². The predicted molar refractivity (Wildman–Crippen MR) is 103 cm³/mol. The van der Waals surface area contributed by atoms with Gasteiger partial charge in [-0.25, -0.2) is 0 Å². The van der Waals surface area contributed by atoms with E-state index < -0.39 is 6.10 Å². The first kappa shape index (κ1) is 19.1. The van der Waals surface area contributed by atoms with E-state index in [0.29, 0.717) is 12.3 Å². The van der Waals surface area contributed by atoms with E-state index in [1.165, 1.54) is 18.2 Å². The standard InChI is InChI=1S/C20H26N2O5/c1-26-20-5-3-2-4-19(20)22-8-6-21(7-9-22)13-17(25)14-27-18-11-15(23)10-16(24)12-18/h2-5,10-12,17,23-25H,6-9,13-14H2,1H3. The maximum absolute atomic E-state index is 10.2. The first-order valence-corrected chi connectivity index (χ1v) is 8.99. The number of nitrogens with zero attached hydrogens (tertiary/aromatic N) is 2. The molecule has 0 aromatic heterocycles. The molecule has 1 unspecified atom stereocenters. The molecular formula is C20H26N2O5. The molecule has 3 N–H and O–H groups in total. The molecule has 1 heterocycles. The molecule has 3 rings (SSSR count). The third kappa shape index (κ3) is 5.18. The zero-order valence-electron chi connectivity index (χ0n) is 15.4. The molecule has 2 aromatic rings. The number of phenols is 2. The number of piperazine rings is 1. The minimum Gasteiger partial charge on any atom is -0.508 e. The Morgan fingerprint density at radius 3 is 2.33 bits per heavy atom. The number of aromatic hydroxyl groups is 2. The number of hydrogen-bond acceptors (Lipinski definition) is 7. The van der Waals surface area contributed by atoms with Gasteiger partial charge in [0.1, 0.15) is 35.7 Å². The highest BCUT2D eigenvalue weighted by Gasteiger charge is 2.21. The van der Waals surface area contributed by atoms with E-state index in [0.717, 1.165) is 37.6 Å². The van der Waals surface area contributed by atoms with Crippen LogP contribution >= 0.6 is 0 Å². The second-order valence-corrected chi connectivity index (χ2v) is 6.61. The van der Waals surface area contributed by atoms with Crippen LogP contribution in [-0.4, -0.2) is 72.8 Å². The number of rotatable bonds is 7. The topological polar surface area (TPSA) is 85.6 Å². The van der Waals surface area contributed by atoms with E-state index in [1.807, 2.05) is 18.2 Å². The average Bonchev–Trinajstić information content (AvgIpc) is 2.66. The summed E-state index contributed by atoms with van der Waals surface area (Å²) >= 11 is 0. The van der Waals surface area contributed by atoms with E-state index in [2.05, 4.69) is 15.9 Å². The molecule has 0 radical (unpaired) electrons. The number of methoxy groups -OCH3 is 1. The lowest BCUT2D eigenvalue weighted by molar-refractivity contribution is 0.0661. The molecule has 27 heavy (non-hydrogen) atoms. The first-order valence-electron chi connectivity index (χ1n) is 8.99. The number of para-hydroxylation sites is 2. The quantitative estimate of drug-likeness (QED) is 0.680. The van der Waals surface area contributed by atoms with Gasteiger partial charge < -0.3 is 29.7 Å². The van der Waals surface area contributed by atoms with Crippen molar-refractivity contribution >= 4 is 5.69 Å². The lowest BCUT2D eigenvalue weighted by Crippen LogP contribution is -2.49. The molecule has 146 valence electrons. The normalized spacial score (nSPS) is 16.1. The number of phenolic OH excluding ortho intramolecular Hbond substituents is 2. The maximum atomic E-state index is 10.2. The molecule has 0 saturated carbocycles. The molecule has 1 atom stereocenters. The molecule has 0 amide bonds. The van der Waals surface area contributed by atoms with Crippen LogP contribution in [0.3, 0.4) is 0 Å². The Morgan fingerprint density at radius 2 is 1.67 bits per heavy atom. The number of β-amino-alcohol motifs (C(OH)–C–C–N with tert-alkyl or cyclic N) is 1. The molecule has 1 aliphatic rings. The van der Waals surface area contributed by atoms with Gasteiger partial charge in [-0.3, -0.25) is 4.90 Å². The van der Waals surface area contributed by atoms with Crippen LogP contribution < -0.4 is 14.4 Å². The van der Waals surface area contributed by atoms with Gasteiger partial charge in [-0.1, -0.05) is 12.1 Å². The summed E-state index contributed by atoms with van der Waals surface area (Å²) in [6, 6.07) is 12.0. The molecule has 0 bridgehead atoms. The second kappa shape index (κ2) is 8.83. The summed E-state index contributed by atoms with van der Waals surface area (Å²) in [6.45, 7) is 3.98. The first-order chi connectivity index (χ1) is 13.0. The third-order valence-electron chi connectivity index (χ3n) is 4.59. The molecule has 0 aliphatic carbocycles. The number of benzene rings is 2. The van der Waals surface area contributed by atoms with E-state index in [4.69, 9.17) is 9.47 Å². The van der Waals surface area contributed by atoms with Crippen LogP contribution in [0.4, 0.5) is 5.69 Å². The van der Waals surface area contributed by atoms with Crippen LogP contribution in [0.1, 0.15) is 0 Å². The molecule has 1 aliphatic heterocycles. The monoisotopic (exact) mass is 374 g/mol. The van der Waals surface area contributed by atoms with E-state index >= 15 is 0 Å². The van der Waals surface area contributed by atoms with E-state index in [1.54, 1.807) is 7.11 Å². The summed E-state index contributed by atoms with van der Waals surface area (Å²) < 4.78 is 10.9. The van der Waals surface area contributed by atoms with Crippen LogP contribution in [-0.2, 0) is 0 Å². The van der Waals surface area contributed by atoms with Crippen molar-refractivity contribution in [3.63, 3.8) is 0 Å². The van der Waals surface area contributed by atoms with Crippen molar-refractivity contribution in [2.24, 2.45) is 0 Å². The Morgan fingerprint density at radius 1 is 1.00 bits per heavy atom. The zero-order valence-corrected chi connectivity index (χ0v) is 15.4. The molecule has 2 aromatic carbocycles.